The summed E-state index contributed by atoms with van der Waals surface area (Å²) >= 11 is 0. The number of rotatable bonds is 3. The normalized spacial score (nSPS) is 32.2. The number of hydrogen-bond donors (Lipinski definition) is 3. The Morgan fingerprint density at radius 3 is 2.39 bits per heavy atom. The summed E-state index contributed by atoms with van der Waals surface area (Å²) in [7, 11) is 0. The molecule has 1 fully saturated rings. The molecule has 0 bridgehead atoms. The van der Waals surface area contributed by atoms with Gasteiger partial charge < -0.3 is 15.3 Å². The average molecular weight is 250 g/mol. The molecule has 0 aliphatic heterocycles. The summed E-state index contributed by atoms with van der Waals surface area (Å²) in [6.45, 7) is 0. The summed E-state index contributed by atoms with van der Waals surface area (Å²) in [5, 5.41) is 28.9. The molecule has 1 aromatic carbocycles. The zero-order chi connectivity index (χ0) is 13.1. The minimum absolute atomic E-state index is 0.0387. The first-order chi connectivity index (χ1) is 8.59. The van der Waals surface area contributed by atoms with Crippen molar-refractivity contribution in [2.24, 2.45) is 5.92 Å². The number of carbonyl (C=O) groups is 1. The van der Waals surface area contributed by atoms with Crippen molar-refractivity contribution in [1.82, 2.24) is 0 Å². The van der Waals surface area contributed by atoms with Gasteiger partial charge in [-0.2, -0.15) is 0 Å². The van der Waals surface area contributed by atoms with E-state index in [0.717, 1.165) is 0 Å². The molecule has 1 aliphatic rings. The molecule has 0 saturated heterocycles. The van der Waals surface area contributed by atoms with Crippen molar-refractivity contribution >= 4 is 5.78 Å². The Bertz CT molecular complexity index is 404. The number of Topliss-reactive ketones (excluding diaryl/α,β-unsaturated/α-hetero) is 1. The fourth-order valence-corrected chi connectivity index (χ4v) is 2.44. The third-order valence-corrected chi connectivity index (χ3v) is 3.60. The van der Waals surface area contributed by atoms with Crippen LogP contribution in [-0.4, -0.2) is 39.4 Å². The molecule has 18 heavy (non-hydrogen) atoms. The molecule has 0 aromatic heterocycles. The molecule has 1 aromatic rings. The Balaban J connectivity index is 2.00. The third-order valence-electron chi connectivity index (χ3n) is 3.60. The van der Waals surface area contributed by atoms with Crippen LogP contribution in [-0.2, 0) is 0 Å². The van der Waals surface area contributed by atoms with Crippen molar-refractivity contribution in [2.75, 3.05) is 0 Å². The SMILES string of the molecule is O=C(C[C@@H]1CC[C@@H](O)[C@H](O)[C@H]1O)c1ccccc1. The van der Waals surface area contributed by atoms with Crippen LogP contribution in [0.4, 0.5) is 0 Å². The second kappa shape index (κ2) is 5.61. The maximum atomic E-state index is 12.0. The quantitative estimate of drug-likeness (QED) is 0.692. The number of carbonyl (C=O) groups excluding carboxylic acids is 1. The molecule has 3 N–H and O–H groups in total. The molecule has 2 rings (SSSR count). The van der Waals surface area contributed by atoms with E-state index < -0.39 is 18.3 Å². The summed E-state index contributed by atoms with van der Waals surface area (Å²) in [6, 6.07) is 8.91. The lowest BCUT2D eigenvalue weighted by atomic mass is 9.79. The van der Waals surface area contributed by atoms with Crippen LogP contribution in [0.2, 0.25) is 0 Å². The van der Waals surface area contributed by atoms with Crippen molar-refractivity contribution in [1.29, 1.82) is 0 Å². The average Bonchev–Trinajstić information content (AvgIpc) is 2.40. The van der Waals surface area contributed by atoms with Crippen molar-refractivity contribution in [3.63, 3.8) is 0 Å². The van der Waals surface area contributed by atoms with Crippen LogP contribution < -0.4 is 0 Å². The molecule has 0 radical (unpaired) electrons. The minimum atomic E-state index is -1.15. The lowest BCUT2D eigenvalue weighted by Gasteiger charge is -2.34. The minimum Gasteiger partial charge on any atom is -0.390 e. The number of aliphatic hydroxyl groups excluding tert-OH is 3. The Labute approximate surface area is 106 Å². The standard InChI is InChI=1S/C14H18O4/c15-11-7-6-10(13(17)14(11)18)8-12(16)9-4-2-1-3-5-9/h1-5,10-11,13-15,17-18H,6-8H2/t10-,11+,13-,14-/m0/s1. The van der Waals surface area contributed by atoms with Crippen LogP contribution in [0.1, 0.15) is 29.6 Å². The fraction of sp³-hybridized carbons (Fsp3) is 0.500. The van der Waals surface area contributed by atoms with E-state index in [1.807, 2.05) is 6.07 Å². The van der Waals surface area contributed by atoms with Gasteiger partial charge in [-0.25, -0.2) is 0 Å². The van der Waals surface area contributed by atoms with E-state index in [2.05, 4.69) is 0 Å². The maximum Gasteiger partial charge on any atom is 0.163 e. The first kappa shape index (κ1) is 13.2. The molecular formula is C14H18O4. The van der Waals surface area contributed by atoms with Gasteiger partial charge >= 0.3 is 0 Å². The Kier molecular flexibility index (Phi) is 4.11. The Hall–Kier alpha value is -1.23. The Morgan fingerprint density at radius 1 is 1.06 bits per heavy atom. The molecule has 0 unspecified atom stereocenters. The van der Waals surface area contributed by atoms with E-state index in [-0.39, 0.29) is 18.1 Å². The molecule has 4 nitrogen and oxygen atoms in total. The van der Waals surface area contributed by atoms with Gasteiger partial charge in [0.1, 0.15) is 6.10 Å². The first-order valence-electron chi connectivity index (χ1n) is 6.22. The van der Waals surface area contributed by atoms with Crippen molar-refractivity contribution in [2.45, 2.75) is 37.6 Å². The summed E-state index contributed by atoms with van der Waals surface area (Å²) in [6.07, 6.45) is -1.88. The molecule has 0 heterocycles. The maximum absolute atomic E-state index is 12.0. The molecular weight excluding hydrogens is 232 g/mol. The fourth-order valence-electron chi connectivity index (χ4n) is 2.44. The van der Waals surface area contributed by atoms with Crippen LogP contribution >= 0.6 is 0 Å². The van der Waals surface area contributed by atoms with Crippen LogP contribution in [0.15, 0.2) is 30.3 Å². The Morgan fingerprint density at radius 2 is 1.72 bits per heavy atom. The van der Waals surface area contributed by atoms with Gasteiger partial charge in [-0.3, -0.25) is 4.79 Å². The number of hydrogen-bond acceptors (Lipinski definition) is 4. The van der Waals surface area contributed by atoms with Crippen LogP contribution in [0.3, 0.4) is 0 Å². The van der Waals surface area contributed by atoms with E-state index >= 15 is 0 Å². The molecule has 98 valence electrons. The van der Waals surface area contributed by atoms with Gasteiger partial charge in [0.05, 0.1) is 12.2 Å². The summed E-state index contributed by atoms with van der Waals surface area (Å²) in [4.78, 5) is 12.0. The first-order valence-corrected chi connectivity index (χ1v) is 6.22. The van der Waals surface area contributed by atoms with Crippen LogP contribution in [0.5, 0.6) is 0 Å². The van der Waals surface area contributed by atoms with Crippen molar-refractivity contribution < 1.29 is 20.1 Å². The number of ketones is 1. The molecule has 4 heteroatoms. The largest absolute Gasteiger partial charge is 0.390 e. The van der Waals surface area contributed by atoms with E-state index in [0.29, 0.717) is 18.4 Å². The second-order valence-electron chi connectivity index (χ2n) is 4.88. The predicted octanol–water partition coefficient (Wildman–Crippen LogP) is 0.752. The van der Waals surface area contributed by atoms with E-state index in [1.165, 1.54) is 0 Å². The zero-order valence-corrected chi connectivity index (χ0v) is 10.1. The smallest absolute Gasteiger partial charge is 0.163 e. The molecule has 0 spiro atoms. The highest BCUT2D eigenvalue weighted by Crippen LogP contribution is 2.28. The highest BCUT2D eigenvalue weighted by atomic mass is 16.4. The van der Waals surface area contributed by atoms with Gasteiger partial charge in [-0.15, -0.1) is 0 Å². The number of benzene rings is 1. The highest BCUT2D eigenvalue weighted by Gasteiger charge is 2.37. The summed E-state index contributed by atoms with van der Waals surface area (Å²) < 4.78 is 0. The van der Waals surface area contributed by atoms with E-state index in [4.69, 9.17) is 0 Å². The molecule has 0 amide bonds. The topological polar surface area (TPSA) is 77.8 Å². The van der Waals surface area contributed by atoms with E-state index in [9.17, 15) is 20.1 Å². The van der Waals surface area contributed by atoms with Crippen LogP contribution in [0, 0.1) is 5.92 Å². The van der Waals surface area contributed by atoms with Gasteiger partial charge in [0.15, 0.2) is 5.78 Å². The van der Waals surface area contributed by atoms with Gasteiger partial charge in [0.25, 0.3) is 0 Å². The number of aliphatic hydroxyl groups is 3. The van der Waals surface area contributed by atoms with Crippen molar-refractivity contribution in [3.05, 3.63) is 35.9 Å². The predicted molar refractivity (Wildman–Crippen MR) is 66.1 cm³/mol. The van der Waals surface area contributed by atoms with E-state index in [1.54, 1.807) is 24.3 Å². The van der Waals surface area contributed by atoms with Gasteiger partial charge in [-0.1, -0.05) is 30.3 Å². The molecule has 4 atom stereocenters. The summed E-state index contributed by atoms with van der Waals surface area (Å²) in [5.74, 6) is -0.320. The molecule has 1 aliphatic carbocycles. The second-order valence-corrected chi connectivity index (χ2v) is 4.88. The van der Waals surface area contributed by atoms with Crippen LogP contribution in [0.25, 0.3) is 0 Å². The molecule has 1 saturated carbocycles. The highest BCUT2D eigenvalue weighted by molar-refractivity contribution is 5.96. The lowest BCUT2D eigenvalue weighted by molar-refractivity contribution is -0.109. The van der Waals surface area contributed by atoms with Gasteiger partial charge in [0.2, 0.25) is 0 Å². The summed E-state index contributed by atoms with van der Waals surface area (Å²) in [5.41, 5.74) is 0.616. The monoisotopic (exact) mass is 250 g/mol. The van der Waals surface area contributed by atoms with Gasteiger partial charge in [0, 0.05) is 12.0 Å². The third kappa shape index (κ3) is 2.77. The lowest BCUT2D eigenvalue weighted by Crippen LogP contribution is -2.46. The van der Waals surface area contributed by atoms with Crippen molar-refractivity contribution in [3.8, 4) is 0 Å². The zero-order valence-electron chi connectivity index (χ0n) is 10.1. The van der Waals surface area contributed by atoms with Gasteiger partial charge in [-0.05, 0) is 18.8 Å².